The van der Waals surface area contributed by atoms with Gasteiger partial charge in [0.1, 0.15) is 6.61 Å². The van der Waals surface area contributed by atoms with E-state index in [2.05, 4.69) is 5.32 Å². The summed E-state index contributed by atoms with van der Waals surface area (Å²) in [5.74, 6) is -0.381. The molecule has 0 aliphatic rings. The molecule has 2 rings (SSSR count). The first kappa shape index (κ1) is 15.1. The molecule has 4 nitrogen and oxygen atoms in total. The van der Waals surface area contributed by atoms with E-state index in [1.165, 1.54) is 0 Å². The molecule has 108 valence electrons. The first-order valence-corrected chi connectivity index (χ1v) is 6.81. The number of ether oxygens (including phenoxy) is 1. The summed E-state index contributed by atoms with van der Waals surface area (Å²) in [7, 11) is 0. The minimum absolute atomic E-state index is 0.121. The number of hydrogen-bond donors (Lipinski definition) is 1. The third kappa shape index (κ3) is 4.61. The van der Waals surface area contributed by atoms with Crippen molar-refractivity contribution in [3.8, 4) is 0 Å². The van der Waals surface area contributed by atoms with Gasteiger partial charge in [-0.3, -0.25) is 10.1 Å². The highest BCUT2D eigenvalue weighted by Gasteiger charge is 2.19. The van der Waals surface area contributed by atoms with Crippen LogP contribution in [0.2, 0.25) is 0 Å². The molecule has 0 spiro atoms. The maximum atomic E-state index is 12.0. The van der Waals surface area contributed by atoms with Gasteiger partial charge in [0, 0.05) is 5.56 Å². The number of halogens is 1. The van der Waals surface area contributed by atoms with Crippen LogP contribution in [0.3, 0.4) is 0 Å². The number of carbonyl (C=O) groups is 2. The molecular weight excluding hydrogens is 290 g/mol. The molecule has 0 heterocycles. The SMILES string of the molecule is O=C(NC(Cl)C(=O)c1ccccc1)OCc1ccccc1. The molecule has 1 unspecified atom stereocenters. The van der Waals surface area contributed by atoms with Crippen LogP contribution in [0.1, 0.15) is 15.9 Å². The van der Waals surface area contributed by atoms with Crippen LogP contribution >= 0.6 is 11.6 Å². The summed E-state index contributed by atoms with van der Waals surface area (Å²) < 4.78 is 5.00. The predicted molar refractivity (Wildman–Crippen MR) is 80.2 cm³/mol. The van der Waals surface area contributed by atoms with Gasteiger partial charge in [-0.15, -0.1) is 0 Å². The Labute approximate surface area is 127 Å². The number of nitrogens with one attached hydrogen (secondary N) is 1. The second-order valence-corrected chi connectivity index (χ2v) is 4.74. The quantitative estimate of drug-likeness (QED) is 0.523. The summed E-state index contributed by atoms with van der Waals surface area (Å²) in [5.41, 5.74) is 0.129. The Bertz CT molecular complexity index is 601. The summed E-state index contributed by atoms with van der Waals surface area (Å²) in [4.78, 5) is 23.5. The molecule has 5 heteroatoms. The van der Waals surface area contributed by atoms with Gasteiger partial charge < -0.3 is 4.74 Å². The molecule has 0 bridgehead atoms. The van der Waals surface area contributed by atoms with Crippen molar-refractivity contribution in [1.29, 1.82) is 0 Å². The van der Waals surface area contributed by atoms with Crippen LogP contribution in [0, 0.1) is 0 Å². The molecule has 1 atom stereocenters. The Kier molecular flexibility index (Phi) is 5.35. The lowest BCUT2D eigenvalue weighted by molar-refractivity contribution is 0.0956. The molecule has 21 heavy (non-hydrogen) atoms. The lowest BCUT2D eigenvalue weighted by Gasteiger charge is -2.11. The van der Waals surface area contributed by atoms with Crippen molar-refractivity contribution in [3.05, 3.63) is 71.8 Å². The molecule has 0 saturated carbocycles. The topological polar surface area (TPSA) is 55.4 Å². The first-order chi connectivity index (χ1) is 10.2. The highest BCUT2D eigenvalue weighted by Crippen LogP contribution is 2.07. The van der Waals surface area contributed by atoms with Crippen molar-refractivity contribution in [2.24, 2.45) is 0 Å². The summed E-state index contributed by atoms with van der Waals surface area (Å²) >= 11 is 5.88. The lowest BCUT2D eigenvalue weighted by atomic mass is 10.1. The first-order valence-electron chi connectivity index (χ1n) is 6.37. The summed E-state index contributed by atoms with van der Waals surface area (Å²) in [5, 5.41) is 2.30. The molecule has 1 amide bonds. The van der Waals surface area contributed by atoms with E-state index < -0.39 is 11.6 Å². The molecule has 0 aromatic heterocycles. The van der Waals surface area contributed by atoms with Gasteiger partial charge in [-0.05, 0) is 5.56 Å². The van der Waals surface area contributed by atoms with Gasteiger partial charge in [0.15, 0.2) is 5.50 Å². The zero-order valence-electron chi connectivity index (χ0n) is 11.2. The van der Waals surface area contributed by atoms with Gasteiger partial charge >= 0.3 is 6.09 Å². The van der Waals surface area contributed by atoms with Gasteiger partial charge in [-0.2, -0.15) is 0 Å². The minimum atomic E-state index is -1.16. The van der Waals surface area contributed by atoms with Crippen LogP contribution in [0.25, 0.3) is 0 Å². The standard InChI is InChI=1S/C16H14ClNO3/c17-15(14(19)13-9-5-2-6-10-13)18-16(20)21-11-12-7-3-1-4-8-12/h1-10,15H,11H2,(H,18,20). The van der Waals surface area contributed by atoms with E-state index in [1.54, 1.807) is 30.3 Å². The number of rotatable bonds is 5. The van der Waals surface area contributed by atoms with E-state index in [4.69, 9.17) is 16.3 Å². The lowest BCUT2D eigenvalue weighted by Crippen LogP contribution is -2.37. The summed E-state index contributed by atoms with van der Waals surface area (Å²) in [6.07, 6.45) is -0.733. The van der Waals surface area contributed by atoms with E-state index in [1.807, 2.05) is 30.3 Å². The smallest absolute Gasteiger partial charge is 0.409 e. The van der Waals surface area contributed by atoms with Crippen LogP contribution in [-0.4, -0.2) is 17.4 Å². The number of benzene rings is 2. The Balaban J connectivity index is 1.83. The Morgan fingerprint density at radius 3 is 2.19 bits per heavy atom. The average Bonchev–Trinajstić information content (AvgIpc) is 2.54. The monoisotopic (exact) mass is 303 g/mol. The maximum Gasteiger partial charge on any atom is 0.409 e. The number of alkyl halides is 1. The molecule has 2 aromatic rings. The molecule has 1 N–H and O–H groups in total. The van der Waals surface area contributed by atoms with Crippen LogP contribution in [0.15, 0.2) is 60.7 Å². The molecule has 2 aromatic carbocycles. The van der Waals surface area contributed by atoms with Crippen LogP contribution in [0.5, 0.6) is 0 Å². The van der Waals surface area contributed by atoms with Gasteiger partial charge in [0.25, 0.3) is 0 Å². The van der Waals surface area contributed by atoms with Crippen molar-refractivity contribution in [3.63, 3.8) is 0 Å². The number of amides is 1. The zero-order valence-corrected chi connectivity index (χ0v) is 11.9. The van der Waals surface area contributed by atoms with Gasteiger partial charge in [0.05, 0.1) is 0 Å². The van der Waals surface area contributed by atoms with Crippen molar-refractivity contribution < 1.29 is 14.3 Å². The fourth-order valence-electron chi connectivity index (χ4n) is 1.68. The predicted octanol–water partition coefficient (Wildman–Crippen LogP) is 3.36. The van der Waals surface area contributed by atoms with Crippen molar-refractivity contribution >= 4 is 23.5 Å². The average molecular weight is 304 g/mol. The Morgan fingerprint density at radius 1 is 1.00 bits per heavy atom. The van der Waals surface area contributed by atoms with E-state index >= 15 is 0 Å². The van der Waals surface area contributed by atoms with Crippen LogP contribution in [0.4, 0.5) is 4.79 Å². The fraction of sp³-hybridized carbons (Fsp3) is 0.125. The molecule has 0 fully saturated rings. The number of hydrogen-bond acceptors (Lipinski definition) is 3. The van der Waals surface area contributed by atoms with Crippen molar-refractivity contribution in [2.75, 3.05) is 0 Å². The zero-order chi connectivity index (χ0) is 15.1. The van der Waals surface area contributed by atoms with Gasteiger partial charge in [0.2, 0.25) is 5.78 Å². The van der Waals surface area contributed by atoms with E-state index in [9.17, 15) is 9.59 Å². The second kappa shape index (κ2) is 7.45. The summed E-state index contributed by atoms with van der Waals surface area (Å²) in [6.45, 7) is 0.121. The third-order valence-electron chi connectivity index (χ3n) is 2.75. The minimum Gasteiger partial charge on any atom is -0.445 e. The second-order valence-electron chi connectivity index (χ2n) is 4.30. The van der Waals surface area contributed by atoms with Crippen molar-refractivity contribution in [1.82, 2.24) is 5.32 Å². The number of Topliss-reactive ketones (excluding diaryl/α,β-unsaturated/α-hetero) is 1. The molecule has 0 aliphatic carbocycles. The van der Waals surface area contributed by atoms with Crippen molar-refractivity contribution in [2.45, 2.75) is 12.1 Å². The molecule has 0 saturated heterocycles. The van der Waals surface area contributed by atoms with Gasteiger partial charge in [-0.1, -0.05) is 72.3 Å². The normalized spacial score (nSPS) is 11.5. The largest absolute Gasteiger partial charge is 0.445 e. The third-order valence-corrected chi connectivity index (χ3v) is 3.05. The highest BCUT2D eigenvalue weighted by molar-refractivity contribution is 6.34. The molecular formula is C16H14ClNO3. The fourth-order valence-corrected chi connectivity index (χ4v) is 1.90. The van der Waals surface area contributed by atoms with E-state index in [0.29, 0.717) is 5.56 Å². The number of ketones is 1. The van der Waals surface area contributed by atoms with Crippen LogP contribution < -0.4 is 5.32 Å². The molecule has 0 aliphatic heterocycles. The van der Waals surface area contributed by atoms with E-state index in [0.717, 1.165) is 5.56 Å². The molecule has 0 radical (unpaired) electrons. The maximum absolute atomic E-state index is 12.0. The van der Waals surface area contributed by atoms with E-state index in [-0.39, 0.29) is 12.4 Å². The van der Waals surface area contributed by atoms with Crippen LogP contribution in [-0.2, 0) is 11.3 Å². The van der Waals surface area contributed by atoms with Gasteiger partial charge in [-0.25, -0.2) is 4.79 Å². The Morgan fingerprint density at radius 2 is 1.57 bits per heavy atom. The Hall–Kier alpha value is -2.33. The summed E-state index contributed by atoms with van der Waals surface area (Å²) in [6, 6.07) is 17.7. The highest BCUT2D eigenvalue weighted by atomic mass is 35.5. The number of carbonyl (C=O) groups excluding carboxylic acids is 2. The number of alkyl carbamates (subject to hydrolysis) is 1.